The molecule has 0 spiro atoms. The molecule has 2 aromatic heterocycles. The molecule has 3 aliphatic carbocycles. The number of rotatable bonds is 8. The third-order valence-electron chi connectivity index (χ3n) is 7.18. The first-order valence-corrected chi connectivity index (χ1v) is 14.1. The Balaban J connectivity index is 1.48. The maximum Gasteiger partial charge on any atom is 0.254 e. The second kappa shape index (κ2) is 10.1. The summed E-state index contributed by atoms with van der Waals surface area (Å²) in [4.78, 5) is 29.3. The van der Waals surface area contributed by atoms with Crippen LogP contribution in [-0.2, 0) is 17.6 Å². The molecule has 11 heteroatoms. The summed E-state index contributed by atoms with van der Waals surface area (Å²) in [6, 6.07) is 2.16. The van der Waals surface area contributed by atoms with Gasteiger partial charge in [-0.25, -0.2) is 10.5 Å². The van der Waals surface area contributed by atoms with Crippen molar-refractivity contribution in [2.75, 3.05) is 16.8 Å². The average molecular weight is 530 g/mol. The summed E-state index contributed by atoms with van der Waals surface area (Å²) in [5.41, 5.74) is 5.20. The van der Waals surface area contributed by atoms with Gasteiger partial charge < -0.3 is 16.1 Å². The van der Waals surface area contributed by atoms with Crippen molar-refractivity contribution in [2.24, 2.45) is 17.7 Å². The summed E-state index contributed by atoms with van der Waals surface area (Å²) in [5, 5.41) is 12.0. The van der Waals surface area contributed by atoms with Gasteiger partial charge in [-0.2, -0.15) is 5.10 Å². The molecular formula is C25H35N7O2S2. The third kappa shape index (κ3) is 5.14. The van der Waals surface area contributed by atoms with Crippen LogP contribution in [0.3, 0.4) is 0 Å². The van der Waals surface area contributed by atoms with Crippen molar-refractivity contribution in [3.63, 3.8) is 0 Å². The molecule has 5 N–H and O–H groups in total. The van der Waals surface area contributed by atoms with E-state index in [0.717, 1.165) is 60.5 Å². The summed E-state index contributed by atoms with van der Waals surface area (Å²) in [7, 11) is 0. The molecule has 2 fully saturated rings. The predicted molar refractivity (Wildman–Crippen MR) is 146 cm³/mol. The van der Waals surface area contributed by atoms with Gasteiger partial charge in [0.25, 0.3) is 5.91 Å². The van der Waals surface area contributed by atoms with E-state index in [4.69, 9.17) is 18.1 Å². The molecule has 2 saturated carbocycles. The van der Waals surface area contributed by atoms with Crippen LogP contribution in [0.2, 0.25) is 0 Å². The number of carbonyl (C=O) groups excluding carboxylic acids is 2. The number of hydrogen-bond donors (Lipinski definition) is 4. The van der Waals surface area contributed by atoms with Gasteiger partial charge in [-0.05, 0) is 89.4 Å². The second-order valence-corrected chi connectivity index (χ2v) is 12.0. The summed E-state index contributed by atoms with van der Waals surface area (Å²) in [6.45, 7) is 6.82. The molecule has 9 nitrogen and oxygen atoms in total. The summed E-state index contributed by atoms with van der Waals surface area (Å²) >= 11 is 7.22. The minimum Gasteiger partial charge on any atom is -0.352 e. The zero-order chi connectivity index (χ0) is 25.6. The van der Waals surface area contributed by atoms with Crippen molar-refractivity contribution in [3.8, 4) is 0 Å². The Morgan fingerprint density at radius 1 is 1.28 bits per heavy atom. The minimum absolute atomic E-state index is 0.00813. The summed E-state index contributed by atoms with van der Waals surface area (Å²) in [5.74, 6) is 7.27. The van der Waals surface area contributed by atoms with Crippen LogP contribution in [0.1, 0.15) is 78.5 Å². The average Bonchev–Trinajstić information content (AvgIpc) is 3.77. The van der Waals surface area contributed by atoms with E-state index >= 15 is 0 Å². The monoisotopic (exact) mass is 529 g/mol. The van der Waals surface area contributed by atoms with Crippen LogP contribution in [0.4, 0.5) is 10.8 Å². The number of nitrogens with one attached hydrogen (secondary N) is 3. The topological polar surface area (TPSA) is 117 Å². The molecule has 0 aliphatic heterocycles. The number of hydrazine groups is 1. The Labute approximate surface area is 221 Å². The zero-order valence-corrected chi connectivity index (χ0v) is 22.7. The number of aryl methyl sites for hydroxylation is 2. The van der Waals surface area contributed by atoms with E-state index in [1.54, 1.807) is 11.3 Å². The van der Waals surface area contributed by atoms with Crippen molar-refractivity contribution >= 4 is 51.3 Å². The zero-order valence-electron chi connectivity index (χ0n) is 21.1. The normalized spacial score (nSPS) is 19.1. The number of nitrogens with zero attached hydrogens (tertiary/aromatic N) is 3. The maximum absolute atomic E-state index is 13.4. The SMILES string of the molecule is Cc1cc(N(C(=S)NN)[C@H]2CCc3sc(NC(=O)C4CC4)c(C(=O)NCC4CC4)c3C2)n(C(C)C)n1. The smallest absolute Gasteiger partial charge is 0.254 e. The highest BCUT2D eigenvalue weighted by Crippen LogP contribution is 2.41. The van der Waals surface area contributed by atoms with Crippen LogP contribution in [-0.4, -0.2) is 39.3 Å². The van der Waals surface area contributed by atoms with Crippen LogP contribution < -0.4 is 26.8 Å². The van der Waals surface area contributed by atoms with E-state index in [0.29, 0.717) is 34.6 Å². The summed E-state index contributed by atoms with van der Waals surface area (Å²) in [6.07, 6.45) is 6.44. The number of carbonyl (C=O) groups is 2. The fourth-order valence-electron chi connectivity index (χ4n) is 4.91. The third-order valence-corrected chi connectivity index (χ3v) is 8.70. The van der Waals surface area contributed by atoms with Gasteiger partial charge in [0.15, 0.2) is 5.11 Å². The first kappa shape index (κ1) is 25.2. The Kier molecular flexibility index (Phi) is 7.06. The number of thiophene rings is 1. The molecule has 36 heavy (non-hydrogen) atoms. The lowest BCUT2D eigenvalue weighted by atomic mass is 9.90. The van der Waals surface area contributed by atoms with Crippen LogP contribution in [0.25, 0.3) is 0 Å². The molecule has 3 aliphatic rings. The molecule has 0 bridgehead atoms. The minimum atomic E-state index is -0.0970. The molecule has 1 atom stereocenters. The van der Waals surface area contributed by atoms with E-state index in [9.17, 15) is 9.59 Å². The van der Waals surface area contributed by atoms with Crippen molar-refractivity contribution in [3.05, 3.63) is 27.8 Å². The molecule has 0 aromatic carbocycles. The molecule has 2 heterocycles. The largest absolute Gasteiger partial charge is 0.352 e. The standard InChI is InChI=1S/C25H35N7O2S2/c1-13(2)32-20(10-14(3)30-32)31(25(35)29-26)17-8-9-19-18(11-17)21(23(34)27-12-15-4-5-15)24(36-19)28-22(33)16-6-7-16/h10,13,15-17H,4-9,11-12,26H2,1-3H3,(H,27,34)(H,28,33)(H,29,35)/t17-/m0/s1. The van der Waals surface area contributed by atoms with Crippen molar-refractivity contribution in [1.29, 1.82) is 0 Å². The van der Waals surface area contributed by atoms with E-state index < -0.39 is 0 Å². The highest BCUT2D eigenvalue weighted by Gasteiger charge is 2.37. The van der Waals surface area contributed by atoms with Crippen molar-refractivity contribution < 1.29 is 9.59 Å². The van der Waals surface area contributed by atoms with Crippen LogP contribution in [0.15, 0.2) is 6.07 Å². The van der Waals surface area contributed by atoms with Gasteiger partial charge in [-0.15, -0.1) is 11.3 Å². The highest BCUT2D eigenvalue weighted by molar-refractivity contribution is 7.80. The lowest BCUT2D eigenvalue weighted by molar-refractivity contribution is -0.117. The van der Waals surface area contributed by atoms with Crippen molar-refractivity contribution in [2.45, 2.75) is 77.8 Å². The Morgan fingerprint density at radius 3 is 2.67 bits per heavy atom. The maximum atomic E-state index is 13.4. The highest BCUT2D eigenvalue weighted by atomic mass is 32.1. The second-order valence-electron chi connectivity index (χ2n) is 10.5. The number of thiocarbonyl (C=S) groups is 1. The van der Waals surface area contributed by atoms with Crippen LogP contribution >= 0.6 is 23.6 Å². The Morgan fingerprint density at radius 2 is 2.03 bits per heavy atom. The quantitative estimate of drug-likeness (QED) is 0.235. The summed E-state index contributed by atoms with van der Waals surface area (Å²) < 4.78 is 1.96. The number of aromatic nitrogens is 2. The van der Waals surface area contributed by atoms with Crippen LogP contribution in [0.5, 0.6) is 0 Å². The lowest BCUT2D eigenvalue weighted by Gasteiger charge is -2.36. The van der Waals surface area contributed by atoms with Crippen molar-refractivity contribution in [1.82, 2.24) is 20.5 Å². The molecule has 0 unspecified atom stereocenters. The molecule has 5 rings (SSSR count). The predicted octanol–water partition coefficient (Wildman–Crippen LogP) is 3.43. The fourth-order valence-corrected chi connectivity index (χ4v) is 6.40. The molecule has 194 valence electrons. The molecule has 0 saturated heterocycles. The van der Waals surface area contributed by atoms with Gasteiger partial charge in [-0.1, -0.05) is 0 Å². The van der Waals surface area contributed by atoms with Gasteiger partial charge >= 0.3 is 0 Å². The number of anilines is 2. The number of hydrogen-bond acceptors (Lipinski definition) is 6. The van der Waals surface area contributed by atoms with Gasteiger partial charge in [-0.3, -0.25) is 14.5 Å². The molecule has 2 amide bonds. The Bertz CT molecular complexity index is 1180. The van der Waals surface area contributed by atoms with Gasteiger partial charge in [0.1, 0.15) is 10.8 Å². The van der Waals surface area contributed by atoms with Crippen LogP contribution in [0, 0.1) is 18.8 Å². The number of fused-ring (bicyclic) bond motifs is 1. The molecular weight excluding hydrogens is 494 g/mol. The number of amides is 2. The van der Waals surface area contributed by atoms with E-state index in [1.807, 2.05) is 22.6 Å². The van der Waals surface area contributed by atoms with E-state index in [2.05, 4.69) is 35.0 Å². The number of nitrogens with two attached hydrogens (primary N) is 1. The first-order chi connectivity index (χ1) is 17.3. The molecule has 2 aromatic rings. The van der Waals surface area contributed by atoms with Gasteiger partial charge in [0.05, 0.1) is 11.3 Å². The molecule has 0 radical (unpaired) electrons. The fraction of sp³-hybridized carbons (Fsp3) is 0.600. The van der Waals surface area contributed by atoms with Gasteiger partial charge in [0.2, 0.25) is 5.91 Å². The Hall–Kier alpha value is -2.50. The van der Waals surface area contributed by atoms with E-state index in [-0.39, 0.29) is 29.8 Å². The lowest BCUT2D eigenvalue weighted by Crippen LogP contribution is -2.51. The van der Waals surface area contributed by atoms with E-state index in [1.165, 1.54) is 0 Å². The van der Waals surface area contributed by atoms with Gasteiger partial charge in [0, 0.05) is 35.5 Å². The first-order valence-electron chi connectivity index (χ1n) is 12.9.